The van der Waals surface area contributed by atoms with E-state index in [1.54, 1.807) is 19.1 Å². The van der Waals surface area contributed by atoms with Crippen LogP contribution in [0.5, 0.6) is 0 Å². The fourth-order valence-corrected chi connectivity index (χ4v) is 6.03. The molecule has 1 saturated carbocycles. The molecule has 10 heteroatoms. The molecule has 0 radical (unpaired) electrons. The second-order valence-electron chi connectivity index (χ2n) is 9.81. The summed E-state index contributed by atoms with van der Waals surface area (Å²) in [5, 5.41) is 5.83. The highest BCUT2D eigenvalue weighted by Crippen LogP contribution is 2.36. The molecule has 2 aliphatic heterocycles. The number of piperidine rings is 1. The van der Waals surface area contributed by atoms with Gasteiger partial charge in [0, 0.05) is 24.8 Å². The van der Waals surface area contributed by atoms with E-state index in [2.05, 4.69) is 22.5 Å². The third-order valence-corrected chi connectivity index (χ3v) is 9.23. The molecule has 1 aromatic carbocycles. The third-order valence-electron chi connectivity index (χ3n) is 7.48. The van der Waals surface area contributed by atoms with Crippen molar-refractivity contribution in [1.82, 2.24) is 15.5 Å². The minimum atomic E-state index is -3.22. The molecule has 186 valence electrons. The maximum Gasteiger partial charge on any atom is 0.325 e. The summed E-state index contributed by atoms with van der Waals surface area (Å²) < 4.78 is 24.0. The van der Waals surface area contributed by atoms with E-state index in [9.17, 15) is 22.8 Å². The SMILES string of the molecule is CCS(=O)(=O)c1ccc(N2CCC(NC(=O)CN3C(=O)NC4(CCC(C)CC4)C3=O)CC2)cc1. The van der Waals surface area contributed by atoms with Crippen LogP contribution < -0.4 is 15.5 Å². The average molecular weight is 491 g/mol. The Bertz CT molecular complexity index is 1040. The van der Waals surface area contributed by atoms with Gasteiger partial charge in [-0.15, -0.1) is 0 Å². The number of imide groups is 1. The molecule has 0 aromatic heterocycles. The topological polar surface area (TPSA) is 116 Å². The summed E-state index contributed by atoms with van der Waals surface area (Å²) in [6.07, 6.45) is 4.48. The molecular formula is C24H34N4O5S. The fraction of sp³-hybridized carbons (Fsp3) is 0.625. The van der Waals surface area contributed by atoms with Crippen LogP contribution in [0.25, 0.3) is 0 Å². The summed E-state index contributed by atoms with van der Waals surface area (Å²) in [4.78, 5) is 41.6. The number of urea groups is 1. The van der Waals surface area contributed by atoms with Crippen molar-refractivity contribution < 1.29 is 22.8 Å². The van der Waals surface area contributed by atoms with Crippen LogP contribution in [0.2, 0.25) is 0 Å². The molecule has 4 rings (SSSR count). The van der Waals surface area contributed by atoms with E-state index in [1.165, 1.54) is 0 Å². The van der Waals surface area contributed by atoms with Crippen LogP contribution >= 0.6 is 0 Å². The highest BCUT2D eigenvalue weighted by atomic mass is 32.2. The quantitative estimate of drug-likeness (QED) is 0.590. The van der Waals surface area contributed by atoms with Crippen molar-refractivity contribution in [2.75, 3.05) is 30.3 Å². The monoisotopic (exact) mass is 490 g/mol. The van der Waals surface area contributed by atoms with Gasteiger partial charge in [0.2, 0.25) is 5.91 Å². The maximum absolute atomic E-state index is 13.0. The van der Waals surface area contributed by atoms with Crippen LogP contribution in [0.15, 0.2) is 29.2 Å². The number of sulfone groups is 1. The molecule has 9 nitrogen and oxygen atoms in total. The Labute approximate surface area is 201 Å². The number of nitrogens with zero attached hydrogens (tertiary/aromatic N) is 2. The zero-order valence-electron chi connectivity index (χ0n) is 19.9. The van der Waals surface area contributed by atoms with Crippen molar-refractivity contribution >= 4 is 33.4 Å². The van der Waals surface area contributed by atoms with E-state index in [4.69, 9.17) is 0 Å². The molecule has 0 atom stereocenters. The minimum absolute atomic E-state index is 0.0336. The average Bonchev–Trinajstić information content (AvgIpc) is 3.05. The number of carbonyl (C=O) groups excluding carboxylic acids is 3. The molecule has 0 bridgehead atoms. The lowest BCUT2D eigenvalue weighted by Crippen LogP contribution is -2.50. The first-order chi connectivity index (χ1) is 16.1. The normalized spacial score (nSPS) is 26.1. The van der Waals surface area contributed by atoms with Gasteiger partial charge in [-0.2, -0.15) is 0 Å². The van der Waals surface area contributed by atoms with Crippen LogP contribution in [0.3, 0.4) is 0 Å². The number of carbonyl (C=O) groups is 3. The number of anilines is 1. The number of amides is 4. The summed E-state index contributed by atoms with van der Waals surface area (Å²) in [6, 6.07) is 6.41. The van der Waals surface area contributed by atoms with E-state index in [0.29, 0.717) is 23.7 Å². The van der Waals surface area contributed by atoms with Gasteiger partial charge >= 0.3 is 6.03 Å². The van der Waals surface area contributed by atoms with Gasteiger partial charge in [-0.25, -0.2) is 13.2 Å². The van der Waals surface area contributed by atoms with Gasteiger partial charge in [0.1, 0.15) is 12.1 Å². The highest BCUT2D eigenvalue weighted by Gasteiger charge is 2.52. The zero-order chi connectivity index (χ0) is 24.5. The second kappa shape index (κ2) is 9.56. The molecule has 2 N–H and O–H groups in total. The van der Waals surface area contributed by atoms with E-state index in [-0.39, 0.29) is 30.2 Å². The molecule has 0 unspecified atom stereocenters. The summed E-state index contributed by atoms with van der Waals surface area (Å²) in [7, 11) is -3.22. The maximum atomic E-state index is 13.0. The molecule has 4 amide bonds. The van der Waals surface area contributed by atoms with E-state index >= 15 is 0 Å². The molecule has 3 aliphatic rings. The Morgan fingerprint density at radius 1 is 1.09 bits per heavy atom. The molecule has 3 fully saturated rings. The molecule has 34 heavy (non-hydrogen) atoms. The van der Waals surface area contributed by atoms with Gasteiger partial charge in [0.25, 0.3) is 5.91 Å². The Balaban J connectivity index is 1.27. The van der Waals surface area contributed by atoms with Crippen molar-refractivity contribution in [3.8, 4) is 0 Å². The molecule has 2 heterocycles. The lowest BCUT2D eigenvalue weighted by atomic mass is 9.77. The van der Waals surface area contributed by atoms with Gasteiger partial charge in [-0.05, 0) is 68.7 Å². The second-order valence-corrected chi connectivity index (χ2v) is 12.1. The van der Waals surface area contributed by atoms with E-state index in [1.807, 2.05) is 12.1 Å². The Morgan fingerprint density at radius 3 is 2.29 bits per heavy atom. The smallest absolute Gasteiger partial charge is 0.325 e. The van der Waals surface area contributed by atoms with E-state index < -0.39 is 21.4 Å². The molecule has 1 aliphatic carbocycles. The van der Waals surface area contributed by atoms with Gasteiger partial charge in [-0.1, -0.05) is 13.8 Å². The summed E-state index contributed by atoms with van der Waals surface area (Å²) in [5.74, 6) is 0.0172. The van der Waals surface area contributed by atoms with Crippen LogP contribution in [0.1, 0.15) is 52.4 Å². The zero-order valence-corrected chi connectivity index (χ0v) is 20.7. The molecule has 1 spiro atoms. The van der Waals surface area contributed by atoms with Crippen LogP contribution in [0, 0.1) is 5.92 Å². The van der Waals surface area contributed by atoms with Crippen molar-refractivity contribution in [2.45, 2.75) is 68.8 Å². The van der Waals surface area contributed by atoms with Crippen molar-refractivity contribution in [3.05, 3.63) is 24.3 Å². The third kappa shape index (κ3) is 4.92. The van der Waals surface area contributed by atoms with Gasteiger partial charge in [0.15, 0.2) is 9.84 Å². The van der Waals surface area contributed by atoms with Gasteiger partial charge < -0.3 is 15.5 Å². The Morgan fingerprint density at radius 2 is 1.71 bits per heavy atom. The van der Waals surface area contributed by atoms with Crippen LogP contribution in [-0.2, 0) is 19.4 Å². The first-order valence-corrected chi connectivity index (χ1v) is 13.8. The minimum Gasteiger partial charge on any atom is -0.371 e. The van der Waals surface area contributed by atoms with Crippen molar-refractivity contribution in [2.24, 2.45) is 5.92 Å². The standard InChI is InChI=1S/C24H34N4O5S/c1-3-34(32,33)20-6-4-19(5-7-20)27-14-10-18(11-15-27)25-21(29)16-28-22(30)24(26-23(28)31)12-8-17(2)9-13-24/h4-7,17-18H,3,8-16H2,1-2H3,(H,25,29)(H,26,31). The van der Waals surface area contributed by atoms with Crippen molar-refractivity contribution in [1.29, 1.82) is 0 Å². The first-order valence-electron chi connectivity index (χ1n) is 12.1. The van der Waals surface area contributed by atoms with Crippen LogP contribution in [0.4, 0.5) is 10.5 Å². The summed E-state index contributed by atoms with van der Waals surface area (Å²) in [5.41, 5.74) is 0.118. The summed E-state index contributed by atoms with van der Waals surface area (Å²) >= 11 is 0. The predicted octanol–water partition coefficient (Wildman–Crippen LogP) is 2.07. The molecule has 2 saturated heterocycles. The molecule has 1 aromatic rings. The van der Waals surface area contributed by atoms with E-state index in [0.717, 1.165) is 49.4 Å². The van der Waals surface area contributed by atoms with Gasteiger partial charge in [0.05, 0.1) is 10.6 Å². The molecular weight excluding hydrogens is 456 g/mol. The fourth-order valence-electron chi connectivity index (χ4n) is 5.14. The number of rotatable bonds is 6. The van der Waals surface area contributed by atoms with Gasteiger partial charge in [-0.3, -0.25) is 14.5 Å². The number of nitrogens with one attached hydrogen (secondary N) is 2. The number of hydrogen-bond acceptors (Lipinski definition) is 6. The van der Waals surface area contributed by atoms with Crippen LogP contribution in [-0.4, -0.2) is 68.1 Å². The largest absolute Gasteiger partial charge is 0.371 e. The Hall–Kier alpha value is -2.62. The highest BCUT2D eigenvalue weighted by molar-refractivity contribution is 7.91. The first kappa shape index (κ1) is 24.5. The number of benzene rings is 1. The lowest BCUT2D eigenvalue weighted by Gasteiger charge is -2.34. The predicted molar refractivity (Wildman–Crippen MR) is 128 cm³/mol. The van der Waals surface area contributed by atoms with Crippen molar-refractivity contribution in [3.63, 3.8) is 0 Å². The Kier molecular flexibility index (Phi) is 6.89. The number of hydrogen-bond donors (Lipinski definition) is 2. The summed E-state index contributed by atoms with van der Waals surface area (Å²) in [6.45, 7) is 4.96. The lowest BCUT2D eigenvalue weighted by molar-refractivity contribution is -0.136.